The minimum atomic E-state index is 0.0212. The van der Waals surface area contributed by atoms with Crippen molar-refractivity contribution in [2.24, 2.45) is 0 Å². The molecule has 3 aromatic rings. The standard InChI is InChI=1S/C23H27ClN4O2/c1-26(2)11-6-12-27-19-8-5-4-7-18(19)25-23(27)16-13-22(29)28(15-16)20-14-17(24)9-10-21(20)30-3/h4-5,7-10,14,16H,6,11-13,15H2,1-3H3/t16-/m0/s1. The van der Waals surface area contributed by atoms with Crippen molar-refractivity contribution in [1.82, 2.24) is 14.5 Å². The second-order valence-corrected chi connectivity index (χ2v) is 8.43. The normalized spacial score (nSPS) is 16.8. The number of halogens is 1. The van der Waals surface area contributed by atoms with Crippen LogP contribution in [0.15, 0.2) is 42.5 Å². The van der Waals surface area contributed by atoms with Crippen LogP contribution in [0.3, 0.4) is 0 Å². The third-order valence-electron chi connectivity index (χ3n) is 5.59. The van der Waals surface area contributed by atoms with E-state index in [0.29, 0.717) is 29.4 Å². The first-order chi connectivity index (χ1) is 14.5. The molecule has 0 saturated carbocycles. The van der Waals surface area contributed by atoms with Gasteiger partial charge in [-0.25, -0.2) is 4.98 Å². The molecule has 158 valence electrons. The lowest BCUT2D eigenvalue weighted by molar-refractivity contribution is -0.117. The number of anilines is 1. The lowest BCUT2D eigenvalue weighted by atomic mass is 10.1. The Hall–Kier alpha value is -2.57. The highest BCUT2D eigenvalue weighted by Gasteiger charge is 2.36. The highest BCUT2D eigenvalue weighted by atomic mass is 35.5. The molecule has 0 aliphatic carbocycles. The van der Waals surface area contributed by atoms with E-state index in [1.54, 1.807) is 30.2 Å². The molecule has 1 aliphatic heterocycles. The fourth-order valence-electron chi connectivity index (χ4n) is 4.17. The van der Waals surface area contributed by atoms with E-state index in [4.69, 9.17) is 21.3 Å². The van der Waals surface area contributed by atoms with Gasteiger partial charge in [-0.1, -0.05) is 23.7 Å². The molecule has 0 radical (unpaired) electrons. The molecule has 0 unspecified atom stereocenters. The first kappa shape index (κ1) is 20.7. The molecule has 1 atom stereocenters. The van der Waals surface area contributed by atoms with Gasteiger partial charge in [0.15, 0.2) is 0 Å². The molecule has 1 aromatic heterocycles. The first-order valence-corrected chi connectivity index (χ1v) is 10.6. The number of benzene rings is 2. The summed E-state index contributed by atoms with van der Waals surface area (Å²) < 4.78 is 7.76. The number of methoxy groups -OCH3 is 1. The number of fused-ring (bicyclic) bond motifs is 1. The largest absolute Gasteiger partial charge is 0.495 e. The lowest BCUT2D eigenvalue weighted by Crippen LogP contribution is -2.25. The molecule has 0 N–H and O–H groups in total. The van der Waals surface area contributed by atoms with Gasteiger partial charge in [-0.05, 0) is 57.4 Å². The molecule has 30 heavy (non-hydrogen) atoms. The van der Waals surface area contributed by atoms with Gasteiger partial charge in [0.25, 0.3) is 0 Å². The van der Waals surface area contributed by atoms with Crippen LogP contribution < -0.4 is 9.64 Å². The fourth-order valence-corrected chi connectivity index (χ4v) is 4.34. The van der Waals surface area contributed by atoms with Crippen LogP contribution in [0, 0.1) is 0 Å². The summed E-state index contributed by atoms with van der Waals surface area (Å²) in [6.45, 7) is 2.44. The van der Waals surface area contributed by atoms with Crippen LogP contribution in [-0.2, 0) is 11.3 Å². The third kappa shape index (κ3) is 4.02. The van der Waals surface area contributed by atoms with Gasteiger partial charge >= 0.3 is 0 Å². The minimum absolute atomic E-state index is 0.0212. The number of hydrogen-bond donors (Lipinski definition) is 0. The van der Waals surface area contributed by atoms with Gasteiger partial charge in [0.1, 0.15) is 11.6 Å². The average molecular weight is 427 g/mol. The Morgan fingerprint density at radius 2 is 2.03 bits per heavy atom. The number of para-hydroxylation sites is 2. The molecular weight excluding hydrogens is 400 g/mol. The van der Waals surface area contributed by atoms with Gasteiger partial charge in [0.05, 0.1) is 23.8 Å². The summed E-state index contributed by atoms with van der Waals surface area (Å²) in [5.41, 5.74) is 2.81. The summed E-state index contributed by atoms with van der Waals surface area (Å²) in [5.74, 6) is 1.71. The molecule has 2 heterocycles. The van der Waals surface area contributed by atoms with Crippen LogP contribution in [0.2, 0.25) is 5.02 Å². The second-order valence-electron chi connectivity index (χ2n) is 7.99. The van der Waals surface area contributed by atoms with Gasteiger partial charge in [-0.2, -0.15) is 0 Å². The Kier molecular flexibility index (Phi) is 5.97. The van der Waals surface area contributed by atoms with E-state index in [2.05, 4.69) is 29.6 Å². The van der Waals surface area contributed by atoms with Crippen LogP contribution in [0.4, 0.5) is 5.69 Å². The Balaban J connectivity index is 1.66. The number of carbonyl (C=O) groups excluding carboxylic acids is 1. The molecule has 4 rings (SSSR count). The van der Waals surface area contributed by atoms with Gasteiger partial charge in [0.2, 0.25) is 5.91 Å². The van der Waals surface area contributed by atoms with Gasteiger partial charge < -0.3 is 19.1 Å². The molecule has 0 bridgehead atoms. The zero-order valence-electron chi connectivity index (χ0n) is 17.6. The van der Waals surface area contributed by atoms with Crippen molar-refractivity contribution in [1.29, 1.82) is 0 Å². The monoisotopic (exact) mass is 426 g/mol. The number of nitrogens with zero attached hydrogens (tertiary/aromatic N) is 4. The van der Waals surface area contributed by atoms with Crippen LogP contribution in [-0.4, -0.2) is 54.7 Å². The summed E-state index contributed by atoms with van der Waals surface area (Å²) in [7, 11) is 5.77. The van der Waals surface area contributed by atoms with E-state index >= 15 is 0 Å². The molecular formula is C23H27ClN4O2. The van der Waals surface area contributed by atoms with E-state index in [0.717, 1.165) is 36.4 Å². The Labute approximate surface area is 182 Å². The maximum absolute atomic E-state index is 13.0. The van der Waals surface area contributed by atoms with Crippen LogP contribution in [0.25, 0.3) is 11.0 Å². The molecule has 1 aliphatic rings. The maximum atomic E-state index is 13.0. The lowest BCUT2D eigenvalue weighted by Gasteiger charge is -2.20. The second kappa shape index (κ2) is 8.66. The predicted molar refractivity (Wildman–Crippen MR) is 121 cm³/mol. The average Bonchev–Trinajstić information content (AvgIpc) is 3.28. The first-order valence-electron chi connectivity index (χ1n) is 10.2. The van der Waals surface area contributed by atoms with Crippen LogP contribution >= 0.6 is 11.6 Å². The number of rotatable bonds is 7. The third-order valence-corrected chi connectivity index (χ3v) is 5.83. The van der Waals surface area contributed by atoms with Crippen molar-refractivity contribution in [3.05, 3.63) is 53.3 Å². The summed E-state index contributed by atoms with van der Waals surface area (Å²) in [4.78, 5) is 21.8. The van der Waals surface area contributed by atoms with Crippen LogP contribution in [0.5, 0.6) is 5.75 Å². The quantitative estimate of drug-likeness (QED) is 0.569. The van der Waals surface area contributed by atoms with Crippen molar-refractivity contribution in [2.75, 3.05) is 39.2 Å². The van der Waals surface area contributed by atoms with E-state index < -0.39 is 0 Å². The predicted octanol–water partition coefficient (Wildman–Crippen LogP) is 4.17. The molecule has 0 spiro atoms. The summed E-state index contributed by atoms with van der Waals surface area (Å²) in [5, 5.41) is 0.581. The zero-order chi connectivity index (χ0) is 21.3. The van der Waals surface area contributed by atoms with Crippen molar-refractivity contribution >= 4 is 34.2 Å². The van der Waals surface area contributed by atoms with Gasteiger partial charge in [-0.15, -0.1) is 0 Å². The van der Waals surface area contributed by atoms with Gasteiger partial charge in [-0.3, -0.25) is 4.79 Å². The number of hydrogen-bond acceptors (Lipinski definition) is 4. The fraction of sp³-hybridized carbons (Fsp3) is 0.391. The summed E-state index contributed by atoms with van der Waals surface area (Å²) in [6, 6.07) is 13.6. The van der Waals surface area contributed by atoms with E-state index in [1.165, 1.54) is 0 Å². The van der Waals surface area contributed by atoms with Crippen molar-refractivity contribution in [3.63, 3.8) is 0 Å². The Morgan fingerprint density at radius 3 is 2.80 bits per heavy atom. The highest BCUT2D eigenvalue weighted by molar-refractivity contribution is 6.31. The van der Waals surface area contributed by atoms with Crippen LogP contribution in [0.1, 0.15) is 24.6 Å². The van der Waals surface area contributed by atoms with E-state index in [9.17, 15) is 4.79 Å². The number of imidazole rings is 1. The molecule has 6 nitrogen and oxygen atoms in total. The van der Waals surface area contributed by atoms with E-state index in [-0.39, 0.29) is 11.8 Å². The molecule has 2 aromatic carbocycles. The summed E-state index contributed by atoms with van der Waals surface area (Å²) in [6.07, 6.45) is 1.44. The highest BCUT2D eigenvalue weighted by Crippen LogP contribution is 2.38. The van der Waals surface area contributed by atoms with Crippen molar-refractivity contribution in [2.45, 2.75) is 25.3 Å². The Bertz CT molecular complexity index is 1060. The zero-order valence-corrected chi connectivity index (χ0v) is 18.4. The van der Waals surface area contributed by atoms with Crippen molar-refractivity contribution < 1.29 is 9.53 Å². The minimum Gasteiger partial charge on any atom is -0.495 e. The number of amides is 1. The van der Waals surface area contributed by atoms with Gasteiger partial charge in [0, 0.05) is 30.5 Å². The molecule has 1 amide bonds. The van der Waals surface area contributed by atoms with E-state index in [1.807, 2.05) is 18.2 Å². The SMILES string of the molecule is COc1ccc(Cl)cc1N1C[C@@H](c2nc3ccccc3n2CCCN(C)C)CC1=O. The Morgan fingerprint density at radius 1 is 1.23 bits per heavy atom. The molecule has 1 saturated heterocycles. The molecule has 1 fully saturated rings. The summed E-state index contributed by atoms with van der Waals surface area (Å²) >= 11 is 6.20. The maximum Gasteiger partial charge on any atom is 0.227 e. The van der Waals surface area contributed by atoms with Crippen molar-refractivity contribution in [3.8, 4) is 5.75 Å². The number of aryl methyl sites for hydroxylation is 1. The topological polar surface area (TPSA) is 50.6 Å². The smallest absolute Gasteiger partial charge is 0.227 e. The number of aromatic nitrogens is 2. The molecule has 7 heteroatoms. The number of carbonyl (C=O) groups is 1. The number of ether oxygens (including phenoxy) is 1.